The maximum Gasteiger partial charge on any atom is 0.433 e. The number of hydrogen-bond acceptors (Lipinski definition) is 2. The van der Waals surface area contributed by atoms with E-state index in [9.17, 15) is 13.2 Å². The summed E-state index contributed by atoms with van der Waals surface area (Å²) in [6.07, 6.45) is -4.40. The van der Waals surface area contributed by atoms with Crippen LogP contribution >= 0.6 is 0 Å². The molecule has 0 radical (unpaired) electrons. The van der Waals surface area contributed by atoms with Gasteiger partial charge in [-0.25, -0.2) is 0 Å². The smallest absolute Gasteiger partial charge is 0.324 e. The number of nitrogens with two attached hydrogens (primary N) is 1. The Morgan fingerprint density at radius 2 is 2.00 bits per heavy atom. The van der Waals surface area contributed by atoms with Crippen LogP contribution in [-0.4, -0.2) is 9.78 Å². The second-order valence-corrected chi connectivity index (χ2v) is 4.04. The lowest BCUT2D eigenvalue weighted by atomic mass is 10.1. The van der Waals surface area contributed by atoms with Crippen LogP contribution in [0.3, 0.4) is 0 Å². The molecular formula is C11H12F3N3. The summed E-state index contributed by atoms with van der Waals surface area (Å²) < 4.78 is 39.2. The molecule has 2 N–H and O–H groups in total. The molecule has 17 heavy (non-hydrogen) atoms. The molecule has 6 heteroatoms. The van der Waals surface area contributed by atoms with Crippen LogP contribution in [0.5, 0.6) is 0 Å². The quantitative estimate of drug-likeness (QED) is 0.836. The van der Waals surface area contributed by atoms with E-state index in [-0.39, 0.29) is 11.4 Å². The molecule has 0 saturated heterocycles. The van der Waals surface area contributed by atoms with Crippen LogP contribution in [0.4, 0.5) is 13.2 Å². The van der Waals surface area contributed by atoms with Gasteiger partial charge in [0.1, 0.15) is 5.69 Å². The first kappa shape index (κ1) is 11.9. The Balaban J connectivity index is 2.69. The molecule has 0 spiro atoms. The highest BCUT2D eigenvalue weighted by atomic mass is 19.4. The van der Waals surface area contributed by atoms with Crippen molar-refractivity contribution in [2.75, 3.05) is 0 Å². The number of hydrogen-bond donors (Lipinski definition) is 1. The van der Waals surface area contributed by atoms with Crippen LogP contribution < -0.4 is 5.73 Å². The molecule has 2 aromatic rings. The minimum Gasteiger partial charge on any atom is -0.324 e. The molecule has 0 bridgehead atoms. The molecule has 3 nitrogen and oxygen atoms in total. The molecule has 1 aromatic carbocycles. The standard InChI is InChI=1S/C11H12F3N3/c1-6(15)7-3-4-8-9(5-7)16-17(2)10(8)11(12,13)14/h3-6H,15H2,1-2H3. The Labute approximate surface area is 96.0 Å². The molecule has 2 rings (SSSR count). The molecule has 0 aliphatic heterocycles. The third-order valence-corrected chi connectivity index (χ3v) is 2.65. The highest BCUT2D eigenvalue weighted by Crippen LogP contribution is 2.34. The monoisotopic (exact) mass is 243 g/mol. The molecule has 1 aromatic heterocycles. The van der Waals surface area contributed by atoms with Gasteiger partial charge in [-0.1, -0.05) is 12.1 Å². The summed E-state index contributed by atoms with van der Waals surface area (Å²) in [5, 5.41) is 3.97. The SMILES string of the molecule is CC(N)c1ccc2c(C(F)(F)F)n(C)nc2c1. The predicted octanol–water partition coefficient (Wildman–Crippen LogP) is 2.61. The summed E-state index contributed by atoms with van der Waals surface area (Å²) in [7, 11) is 1.29. The summed E-state index contributed by atoms with van der Waals surface area (Å²) in [4.78, 5) is 0. The minimum atomic E-state index is -4.40. The molecular weight excluding hydrogens is 231 g/mol. The van der Waals surface area contributed by atoms with Crippen molar-refractivity contribution >= 4 is 10.9 Å². The van der Waals surface area contributed by atoms with E-state index < -0.39 is 11.9 Å². The van der Waals surface area contributed by atoms with Gasteiger partial charge in [0.25, 0.3) is 0 Å². The largest absolute Gasteiger partial charge is 0.433 e. The number of aromatic nitrogens is 2. The summed E-state index contributed by atoms with van der Waals surface area (Å²) in [6.45, 7) is 1.77. The van der Waals surface area contributed by atoms with E-state index in [2.05, 4.69) is 5.10 Å². The summed E-state index contributed by atoms with van der Waals surface area (Å²) in [5.74, 6) is 0. The van der Waals surface area contributed by atoms with E-state index in [4.69, 9.17) is 5.73 Å². The van der Waals surface area contributed by atoms with Gasteiger partial charge in [0, 0.05) is 18.5 Å². The van der Waals surface area contributed by atoms with E-state index in [1.807, 2.05) is 0 Å². The number of alkyl halides is 3. The van der Waals surface area contributed by atoms with Crippen LogP contribution in [0.15, 0.2) is 18.2 Å². The fourth-order valence-electron chi connectivity index (χ4n) is 1.84. The average molecular weight is 243 g/mol. The van der Waals surface area contributed by atoms with Gasteiger partial charge in [0.05, 0.1) is 5.52 Å². The van der Waals surface area contributed by atoms with Gasteiger partial charge in [-0.05, 0) is 18.6 Å². The molecule has 1 unspecified atom stereocenters. The molecule has 0 saturated carbocycles. The summed E-state index contributed by atoms with van der Waals surface area (Å²) in [6, 6.07) is 4.39. The van der Waals surface area contributed by atoms with Crippen molar-refractivity contribution in [3.8, 4) is 0 Å². The molecule has 1 heterocycles. The fourth-order valence-corrected chi connectivity index (χ4v) is 1.84. The van der Waals surface area contributed by atoms with Crippen molar-refractivity contribution in [3.63, 3.8) is 0 Å². The first-order valence-electron chi connectivity index (χ1n) is 5.10. The van der Waals surface area contributed by atoms with Crippen molar-refractivity contribution < 1.29 is 13.2 Å². The third kappa shape index (κ3) is 2.00. The van der Waals surface area contributed by atoms with Crippen LogP contribution in [0.25, 0.3) is 10.9 Å². The summed E-state index contributed by atoms with van der Waals surface area (Å²) in [5.41, 5.74) is 6.03. The van der Waals surface area contributed by atoms with Crippen molar-refractivity contribution in [3.05, 3.63) is 29.5 Å². The number of rotatable bonds is 1. The zero-order chi connectivity index (χ0) is 12.8. The molecule has 0 aliphatic carbocycles. The normalized spacial score (nSPS) is 14.2. The lowest BCUT2D eigenvalue weighted by Gasteiger charge is -2.07. The van der Waals surface area contributed by atoms with Gasteiger partial charge < -0.3 is 5.73 Å². The Bertz CT molecular complexity index is 555. The number of halogens is 3. The van der Waals surface area contributed by atoms with E-state index in [1.165, 1.54) is 13.1 Å². The number of nitrogens with zero attached hydrogens (tertiary/aromatic N) is 2. The molecule has 0 fully saturated rings. The maximum atomic E-state index is 12.8. The van der Waals surface area contributed by atoms with E-state index in [0.717, 1.165) is 10.2 Å². The Morgan fingerprint density at radius 3 is 2.53 bits per heavy atom. The second-order valence-electron chi connectivity index (χ2n) is 4.04. The topological polar surface area (TPSA) is 43.8 Å². The predicted molar refractivity (Wildman–Crippen MR) is 58.3 cm³/mol. The van der Waals surface area contributed by atoms with Gasteiger partial charge in [-0.3, -0.25) is 4.68 Å². The van der Waals surface area contributed by atoms with Crippen LogP contribution in [0, 0.1) is 0 Å². The van der Waals surface area contributed by atoms with Crippen molar-refractivity contribution in [1.29, 1.82) is 0 Å². The van der Waals surface area contributed by atoms with E-state index >= 15 is 0 Å². The Morgan fingerprint density at radius 1 is 1.35 bits per heavy atom. The average Bonchev–Trinajstić information content (AvgIpc) is 2.51. The Hall–Kier alpha value is -1.56. The number of fused-ring (bicyclic) bond motifs is 1. The first-order chi connectivity index (χ1) is 7.80. The first-order valence-corrected chi connectivity index (χ1v) is 5.10. The second kappa shape index (κ2) is 3.73. The van der Waals surface area contributed by atoms with Gasteiger partial charge in [-0.2, -0.15) is 18.3 Å². The molecule has 0 aliphatic rings. The number of aryl methyl sites for hydroxylation is 1. The zero-order valence-electron chi connectivity index (χ0n) is 9.42. The lowest BCUT2D eigenvalue weighted by Crippen LogP contribution is -2.11. The van der Waals surface area contributed by atoms with Gasteiger partial charge >= 0.3 is 6.18 Å². The van der Waals surface area contributed by atoms with Crippen molar-refractivity contribution in [2.45, 2.75) is 19.1 Å². The molecule has 92 valence electrons. The Kier molecular flexibility index (Phi) is 2.61. The molecule has 0 amide bonds. The number of benzene rings is 1. The third-order valence-electron chi connectivity index (χ3n) is 2.65. The van der Waals surface area contributed by atoms with Gasteiger partial charge in [-0.15, -0.1) is 0 Å². The maximum absolute atomic E-state index is 12.8. The summed E-state index contributed by atoms with van der Waals surface area (Å²) >= 11 is 0. The van der Waals surface area contributed by atoms with Crippen molar-refractivity contribution in [1.82, 2.24) is 9.78 Å². The zero-order valence-corrected chi connectivity index (χ0v) is 9.42. The van der Waals surface area contributed by atoms with Crippen LogP contribution in [0.2, 0.25) is 0 Å². The lowest BCUT2D eigenvalue weighted by molar-refractivity contribution is -0.142. The van der Waals surface area contributed by atoms with E-state index in [0.29, 0.717) is 5.52 Å². The minimum absolute atomic E-state index is 0.101. The highest BCUT2D eigenvalue weighted by Gasteiger charge is 2.36. The van der Waals surface area contributed by atoms with Crippen LogP contribution in [0.1, 0.15) is 24.2 Å². The van der Waals surface area contributed by atoms with Crippen molar-refractivity contribution in [2.24, 2.45) is 12.8 Å². The van der Waals surface area contributed by atoms with E-state index in [1.54, 1.807) is 19.1 Å². The highest BCUT2D eigenvalue weighted by molar-refractivity contribution is 5.82. The fraction of sp³-hybridized carbons (Fsp3) is 0.364. The van der Waals surface area contributed by atoms with Gasteiger partial charge in [0.15, 0.2) is 0 Å². The van der Waals surface area contributed by atoms with Crippen LogP contribution in [-0.2, 0) is 13.2 Å². The van der Waals surface area contributed by atoms with Gasteiger partial charge in [0.2, 0.25) is 0 Å². The molecule has 1 atom stereocenters.